The van der Waals surface area contributed by atoms with E-state index in [2.05, 4.69) is 6.07 Å². The Labute approximate surface area is 122 Å². The molecule has 0 bridgehead atoms. The summed E-state index contributed by atoms with van der Waals surface area (Å²) in [6.07, 6.45) is 1.17. The van der Waals surface area contributed by atoms with E-state index in [1.165, 1.54) is 18.0 Å². The van der Waals surface area contributed by atoms with Crippen LogP contribution in [0.1, 0.15) is 5.56 Å². The Hall–Kier alpha value is -1.97. The number of anilines is 1. The second kappa shape index (κ2) is 5.57. The van der Waals surface area contributed by atoms with Gasteiger partial charge in [-0.2, -0.15) is 5.26 Å². The van der Waals surface area contributed by atoms with Crippen molar-refractivity contribution in [3.63, 3.8) is 0 Å². The number of hydrogen-bond acceptors (Lipinski definition) is 5. The number of nitrogens with zero attached hydrogens (tertiary/aromatic N) is 1. The van der Waals surface area contributed by atoms with Crippen molar-refractivity contribution >= 4 is 27.3 Å². The summed E-state index contributed by atoms with van der Waals surface area (Å²) in [5.74, 6) is 0. The average molecular weight is 304 g/mol. The Balaban J connectivity index is 2.30. The van der Waals surface area contributed by atoms with Gasteiger partial charge in [0.05, 0.1) is 10.5 Å². The van der Waals surface area contributed by atoms with Crippen LogP contribution in [0.4, 0.5) is 5.69 Å². The molecule has 0 unspecified atom stereocenters. The van der Waals surface area contributed by atoms with Gasteiger partial charge in [0, 0.05) is 21.7 Å². The maximum absolute atomic E-state index is 11.4. The SMILES string of the molecule is CS(=O)(=O)c1ccc(Sc2ccc(N)cc2C#N)cc1. The molecule has 2 N–H and O–H groups in total. The summed E-state index contributed by atoms with van der Waals surface area (Å²) in [4.78, 5) is 1.92. The summed E-state index contributed by atoms with van der Waals surface area (Å²) in [6, 6.07) is 13.8. The minimum Gasteiger partial charge on any atom is -0.399 e. The number of hydrogen-bond donors (Lipinski definition) is 1. The monoisotopic (exact) mass is 304 g/mol. The van der Waals surface area contributed by atoms with E-state index in [1.54, 1.807) is 42.5 Å². The quantitative estimate of drug-likeness (QED) is 0.881. The van der Waals surface area contributed by atoms with Crippen LogP contribution in [-0.2, 0) is 9.84 Å². The van der Waals surface area contributed by atoms with Crippen LogP contribution in [0.5, 0.6) is 0 Å². The van der Waals surface area contributed by atoms with Gasteiger partial charge in [0.1, 0.15) is 6.07 Å². The highest BCUT2D eigenvalue weighted by Crippen LogP contribution is 2.31. The van der Waals surface area contributed by atoms with Crippen molar-refractivity contribution in [2.45, 2.75) is 14.7 Å². The van der Waals surface area contributed by atoms with Crippen LogP contribution < -0.4 is 5.73 Å². The Kier molecular flexibility index (Phi) is 4.02. The summed E-state index contributed by atoms with van der Waals surface area (Å²) in [6.45, 7) is 0. The van der Waals surface area contributed by atoms with Gasteiger partial charge in [0.25, 0.3) is 0 Å². The first-order valence-corrected chi connectivity index (χ1v) is 8.38. The largest absolute Gasteiger partial charge is 0.399 e. The lowest BCUT2D eigenvalue weighted by Gasteiger charge is -2.05. The van der Waals surface area contributed by atoms with Crippen molar-refractivity contribution in [2.24, 2.45) is 0 Å². The lowest BCUT2D eigenvalue weighted by molar-refractivity contribution is 0.602. The molecular weight excluding hydrogens is 292 g/mol. The first-order chi connectivity index (χ1) is 9.40. The van der Waals surface area contributed by atoms with Gasteiger partial charge < -0.3 is 5.73 Å². The zero-order chi connectivity index (χ0) is 14.8. The maximum Gasteiger partial charge on any atom is 0.175 e. The van der Waals surface area contributed by atoms with Crippen LogP contribution in [0, 0.1) is 11.3 Å². The molecule has 0 radical (unpaired) electrons. The van der Waals surface area contributed by atoms with Crippen molar-refractivity contribution in [3.05, 3.63) is 48.0 Å². The normalized spacial score (nSPS) is 11.0. The molecule has 0 aliphatic carbocycles. The number of nitrogens with two attached hydrogens (primary N) is 1. The van der Waals surface area contributed by atoms with Crippen molar-refractivity contribution < 1.29 is 8.42 Å². The number of sulfone groups is 1. The Morgan fingerprint density at radius 1 is 1.15 bits per heavy atom. The summed E-state index contributed by atoms with van der Waals surface area (Å²) < 4.78 is 22.8. The molecule has 102 valence electrons. The summed E-state index contributed by atoms with van der Waals surface area (Å²) in [5, 5.41) is 9.07. The number of rotatable bonds is 3. The van der Waals surface area contributed by atoms with Crippen molar-refractivity contribution in [2.75, 3.05) is 12.0 Å². The van der Waals surface area contributed by atoms with Crippen molar-refractivity contribution in [3.8, 4) is 6.07 Å². The van der Waals surface area contributed by atoms with Crippen molar-refractivity contribution in [1.82, 2.24) is 0 Å². The minimum absolute atomic E-state index is 0.277. The Morgan fingerprint density at radius 3 is 2.35 bits per heavy atom. The maximum atomic E-state index is 11.4. The van der Waals surface area contributed by atoms with Crippen LogP contribution in [-0.4, -0.2) is 14.7 Å². The third-order valence-corrected chi connectivity index (χ3v) is 4.82. The minimum atomic E-state index is -3.19. The molecule has 6 heteroatoms. The first-order valence-electron chi connectivity index (χ1n) is 5.68. The molecule has 0 aliphatic heterocycles. The second-order valence-electron chi connectivity index (χ2n) is 4.21. The summed E-state index contributed by atoms with van der Waals surface area (Å²) >= 11 is 1.39. The molecule has 0 fully saturated rings. The van der Waals surface area contributed by atoms with E-state index in [1.807, 2.05) is 0 Å². The third kappa shape index (κ3) is 3.32. The van der Waals surface area contributed by atoms with E-state index in [4.69, 9.17) is 11.0 Å². The van der Waals surface area contributed by atoms with Gasteiger partial charge in [0.15, 0.2) is 9.84 Å². The fourth-order valence-electron chi connectivity index (χ4n) is 1.61. The number of nitriles is 1. The Morgan fingerprint density at radius 2 is 1.80 bits per heavy atom. The molecule has 0 saturated carbocycles. The molecule has 0 amide bonds. The molecular formula is C14H12N2O2S2. The highest BCUT2D eigenvalue weighted by molar-refractivity contribution is 7.99. The van der Waals surface area contributed by atoms with Gasteiger partial charge in [0.2, 0.25) is 0 Å². The van der Waals surface area contributed by atoms with Gasteiger partial charge in [-0.1, -0.05) is 11.8 Å². The molecule has 0 saturated heterocycles. The van der Waals surface area contributed by atoms with Crippen molar-refractivity contribution in [1.29, 1.82) is 5.26 Å². The number of benzene rings is 2. The van der Waals surface area contributed by atoms with E-state index in [-0.39, 0.29) is 4.90 Å². The predicted octanol–water partition coefficient (Wildman–Crippen LogP) is 2.70. The molecule has 0 atom stereocenters. The van der Waals surface area contributed by atoms with Gasteiger partial charge in [-0.25, -0.2) is 8.42 Å². The first kappa shape index (κ1) is 14.4. The van der Waals surface area contributed by atoms with E-state index in [9.17, 15) is 8.42 Å². The van der Waals surface area contributed by atoms with Crippen LogP contribution in [0.3, 0.4) is 0 Å². The second-order valence-corrected chi connectivity index (χ2v) is 7.34. The molecule has 0 heterocycles. The highest BCUT2D eigenvalue weighted by atomic mass is 32.2. The lowest BCUT2D eigenvalue weighted by atomic mass is 10.2. The smallest absolute Gasteiger partial charge is 0.175 e. The molecule has 2 aromatic carbocycles. The van der Waals surface area contributed by atoms with Crippen LogP contribution in [0.25, 0.3) is 0 Å². The summed E-state index contributed by atoms with van der Waals surface area (Å²) in [7, 11) is -3.19. The summed E-state index contributed by atoms with van der Waals surface area (Å²) in [5.41, 5.74) is 6.68. The standard InChI is InChI=1S/C14H12N2O2S2/c1-20(17,18)13-5-3-12(4-6-13)19-14-7-2-11(16)8-10(14)9-15/h2-8H,16H2,1H3. The molecule has 0 aromatic heterocycles. The molecule has 20 heavy (non-hydrogen) atoms. The fraction of sp³-hybridized carbons (Fsp3) is 0.0714. The van der Waals surface area contributed by atoms with E-state index < -0.39 is 9.84 Å². The fourth-order valence-corrected chi connectivity index (χ4v) is 3.11. The van der Waals surface area contributed by atoms with E-state index in [0.717, 1.165) is 9.79 Å². The number of nitrogen functional groups attached to an aromatic ring is 1. The molecule has 2 aromatic rings. The molecule has 0 aliphatic rings. The van der Waals surface area contributed by atoms with Gasteiger partial charge in [-0.3, -0.25) is 0 Å². The van der Waals surface area contributed by atoms with Gasteiger partial charge in [-0.05, 0) is 42.5 Å². The molecule has 4 nitrogen and oxygen atoms in total. The zero-order valence-corrected chi connectivity index (χ0v) is 12.3. The Bertz CT molecular complexity index is 776. The average Bonchev–Trinajstić information content (AvgIpc) is 2.40. The van der Waals surface area contributed by atoms with E-state index >= 15 is 0 Å². The predicted molar refractivity (Wildman–Crippen MR) is 79.2 cm³/mol. The lowest BCUT2D eigenvalue weighted by Crippen LogP contribution is -1.96. The molecule has 2 rings (SSSR count). The zero-order valence-electron chi connectivity index (χ0n) is 10.7. The van der Waals surface area contributed by atoms with E-state index in [0.29, 0.717) is 11.3 Å². The van der Waals surface area contributed by atoms with Crippen LogP contribution in [0.15, 0.2) is 57.2 Å². The topological polar surface area (TPSA) is 83.9 Å². The van der Waals surface area contributed by atoms with Gasteiger partial charge in [-0.15, -0.1) is 0 Å². The third-order valence-electron chi connectivity index (χ3n) is 2.60. The van der Waals surface area contributed by atoms with Gasteiger partial charge >= 0.3 is 0 Å². The van der Waals surface area contributed by atoms with Crippen LogP contribution in [0.2, 0.25) is 0 Å². The van der Waals surface area contributed by atoms with Crippen LogP contribution >= 0.6 is 11.8 Å². The molecule has 0 spiro atoms. The highest BCUT2D eigenvalue weighted by Gasteiger charge is 2.08.